The lowest BCUT2D eigenvalue weighted by atomic mass is 9.85. The number of nitrogens with one attached hydrogen (secondary N) is 1. The predicted octanol–water partition coefficient (Wildman–Crippen LogP) is 1.20. The molecular formula is C10H21NO4S. The van der Waals surface area contributed by atoms with E-state index in [2.05, 4.69) is 4.72 Å². The molecule has 5 nitrogen and oxygen atoms in total. The van der Waals surface area contributed by atoms with Gasteiger partial charge in [-0.05, 0) is 19.3 Å². The number of carboxylic acid groups (broad SMARTS) is 1. The van der Waals surface area contributed by atoms with E-state index in [0.29, 0.717) is 0 Å². The monoisotopic (exact) mass is 251 g/mol. The van der Waals surface area contributed by atoms with Crippen molar-refractivity contribution in [2.75, 3.05) is 0 Å². The Morgan fingerprint density at radius 1 is 1.31 bits per heavy atom. The van der Waals surface area contributed by atoms with E-state index in [1.54, 1.807) is 13.8 Å². The van der Waals surface area contributed by atoms with Crippen molar-refractivity contribution in [3.63, 3.8) is 0 Å². The van der Waals surface area contributed by atoms with Gasteiger partial charge < -0.3 is 5.11 Å². The Labute approximate surface area is 97.3 Å². The highest BCUT2D eigenvalue weighted by Crippen LogP contribution is 2.23. The standard InChI is InChI=1S/C10H21NO4S/c1-7(2)16(14,15)11-8(6-9(12)13)10(3,4)5/h7-8,11H,6H2,1-5H3,(H,12,13). The molecule has 6 heteroatoms. The highest BCUT2D eigenvalue weighted by Gasteiger charge is 2.31. The van der Waals surface area contributed by atoms with E-state index in [-0.39, 0.29) is 6.42 Å². The summed E-state index contributed by atoms with van der Waals surface area (Å²) in [6.45, 7) is 8.54. The van der Waals surface area contributed by atoms with Gasteiger partial charge in [-0.15, -0.1) is 0 Å². The van der Waals surface area contributed by atoms with E-state index in [9.17, 15) is 13.2 Å². The topological polar surface area (TPSA) is 83.5 Å². The van der Waals surface area contributed by atoms with Gasteiger partial charge in [0.25, 0.3) is 0 Å². The Bertz CT molecular complexity index is 340. The Morgan fingerprint density at radius 3 is 2.00 bits per heavy atom. The fourth-order valence-corrected chi connectivity index (χ4v) is 2.14. The molecular weight excluding hydrogens is 230 g/mol. The van der Waals surface area contributed by atoms with E-state index >= 15 is 0 Å². The van der Waals surface area contributed by atoms with Gasteiger partial charge in [-0.1, -0.05) is 20.8 Å². The molecule has 0 aliphatic rings. The van der Waals surface area contributed by atoms with Gasteiger partial charge in [0, 0.05) is 6.04 Å². The summed E-state index contributed by atoms with van der Waals surface area (Å²) in [6.07, 6.45) is -0.213. The van der Waals surface area contributed by atoms with Gasteiger partial charge in [0.1, 0.15) is 0 Å². The molecule has 1 unspecified atom stereocenters. The third kappa shape index (κ3) is 4.94. The molecule has 0 aromatic carbocycles. The maximum absolute atomic E-state index is 11.7. The predicted molar refractivity (Wildman–Crippen MR) is 62.7 cm³/mol. The first-order valence-corrected chi connectivity index (χ1v) is 6.74. The van der Waals surface area contributed by atoms with E-state index in [1.165, 1.54) is 0 Å². The van der Waals surface area contributed by atoms with E-state index in [4.69, 9.17) is 5.11 Å². The van der Waals surface area contributed by atoms with Gasteiger partial charge in [0.05, 0.1) is 11.7 Å². The summed E-state index contributed by atoms with van der Waals surface area (Å²) in [5.41, 5.74) is -0.430. The second kappa shape index (κ2) is 5.14. The summed E-state index contributed by atoms with van der Waals surface area (Å²) in [4.78, 5) is 10.7. The highest BCUT2D eigenvalue weighted by molar-refractivity contribution is 7.90. The molecule has 0 aromatic heterocycles. The Kier molecular flexibility index (Phi) is 4.94. The zero-order valence-electron chi connectivity index (χ0n) is 10.4. The minimum absolute atomic E-state index is 0.213. The molecule has 96 valence electrons. The van der Waals surface area contributed by atoms with Crippen molar-refractivity contribution in [3.05, 3.63) is 0 Å². The minimum Gasteiger partial charge on any atom is -0.481 e. The number of hydrogen-bond acceptors (Lipinski definition) is 3. The summed E-state index contributed by atoms with van der Waals surface area (Å²) in [5.74, 6) is -1.01. The number of hydrogen-bond donors (Lipinski definition) is 2. The zero-order chi connectivity index (χ0) is 13.1. The quantitative estimate of drug-likeness (QED) is 0.769. The Hall–Kier alpha value is -0.620. The first-order chi connectivity index (χ1) is 6.97. The van der Waals surface area contributed by atoms with Crippen molar-refractivity contribution < 1.29 is 18.3 Å². The summed E-state index contributed by atoms with van der Waals surface area (Å²) < 4.78 is 25.8. The lowest BCUT2D eigenvalue weighted by molar-refractivity contribution is -0.138. The third-order valence-electron chi connectivity index (χ3n) is 2.35. The molecule has 0 radical (unpaired) electrons. The van der Waals surface area contributed by atoms with Gasteiger partial charge in [-0.3, -0.25) is 4.79 Å². The maximum Gasteiger partial charge on any atom is 0.304 e. The molecule has 0 aliphatic carbocycles. The van der Waals surface area contributed by atoms with Crippen molar-refractivity contribution in [2.45, 2.75) is 52.3 Å². The van der Waals surface area contributed by atoms with Crippen LogP contribution in [0.2, 0.25) is 0 Å². The number of rotatable bonds is 5. The number of carbonyl (C=O) groups is 1. The molecule has 0 heterocycles. The number of sulfonamides is 1. The lowest BCUT2D eigenvalue weighted by Crippen LogP contribution is -2.47. The van der Waals surface area contributed by atoms with Gasteiger partial charge in [-0.2, -0.15) is 0 Å². The van der Waals surface area contributed by atoms with Crippen LogP contribution in [-0.2, 0) is 14.8 Å². The lowest BCUT2D eigenvalue weighted by Gasteiger charge is -2.30. The summed E-state index contributed by atoms with van der Waals surface area (Å²) in [5, 5.41) is 8.18. The van der Waals surface area contributed by atoms with Crippen LogP contribution in [0.1, 0.15) is 41.0 Å². The van der Waals surface area contributed by atoms with Crippen molar-refractivity contribution >= 4 is 16.0 Å². The van der Waals surface area contributed by atoms with Crippen LogP contribution in [-0.4, -0.2) is 30.8 Å². The molecule has 0 aromatic rings. The average Bonchev–Trinajstić information content (AvgIpc) is 1.99. The molecule has 0 saturated heterocycles. The number of carboxylic acids is 1. The van der Waals surface area contributed by atoms with Crippen molar-refractivity contribution in [2.24, 2.45) is 5.41 Å². The molecule has 0 saturated carbocycles. The molecule has 1 atom stereocenters. The number of aliphatic carboxylic acids is 1. The fraction of sp³-hybridized carbons (Fsp3) is 0.900. The third-order valence-corrected chi connectivity index (χ3v) is 4.21. The second-order valence-corrected chi connectivity index (χ2v) is 7.50. The molecule has 2 N–H and O–H groups in total. The van der Waals surface area contributed by atoms with E-state index in [1.807, 2.05) is 20.8 Å². The van der Waals surface area contributed by atoms with Crippen LogP contribution in [0.3, 0.4) is 0 Å². The second-order valence-electron chi connectivity index (χ2n) is 5.23. The molecule has 0 spiro atoms. The van der Waals surface area contributed by atoms with E-state index in [0.717, 1.165) is 0 Å². The van der Waals surface area contributed by atoms with Gasteiger partial charge in [0.15, 0.2) is 0 Å². The van der Waals surface area contributed by atoms with Gasteiger partial charge >= 0.3 is 5.97 Å². The smallest absolute Gasteiger partial charge is 0.304 e. The van der Waals surface area contributed by atoms with Crippen LogP contribution in [0.4, 0.5) is 0 Å². The molecule has 0 aliphatic heterocycles. The summed E-state index contributed by atoms with van der Waals surface area (Å²) in [7, 11) is -3.44. The van der Waals surface area contributed by atoms with Crippen LogP contribution >= 0.6 is 0 Å². The normalized spacial score (nSPS) is 15.1. The molecule has 0 bridgehead atoms. The highest BCUT2D eigenvalue weighted by atomic mass is 32.2. The molecule has 0 amide bonds. The van der Waals surface area contributed by atoms with Crippen molar-refractivity contribution in [1.82, 2.24) is 4.72 Å². The first kappa shape index (κ1) is 15.4. The largest absolute Gasteiger partial charge is 0.481 e. The first-order valence-electron chi connectivity index (χ1n) is 5.19. The van der Waals surface area contributed by atoms with Crippen LogP contribution in [0.15, 0.2) is 0 Å². The zero-order valence-corrected chi connectivity index (χ0v) is 11.3. The van der Waals surface area contributed by atoms with Crippen molar-refractivity contribution in [1.29, 1.82) is 0 Å². The Balaban J connectivity index is 4.90. The van der Waals surface area contributed by atoms with Crippen molar-refractivity contribution in [3.8, 4) is 0 Å². The summed E-state index contributed by atoms with van der Waals surface area (Å²) in [6, 6.07) is -0.600. The maximum atomic E-state index is 11.7. The Morgan fingerprint density at radius 2 is 1.75 bits per heavy atom. The molecule has 16 heavy (non-hydrogen) atoms. The van der Waals surface area contributed by atoms with E-state index < -0.39 is 32.7 Å². The fourth-order valence-electron chi connectivity index (χ4n) is 1.03. The molecule has 0 rings (SSSR count). The van der Waals surface area contributed by atoms with Crippen LogP contribution in [0.5, 0.6) is 0 Å². The van der Waals surface area contributed by atoms with Gasteiger partial charge in [-0.25, -0.2) is 13.1 Å². The van der Waals surface area contributed by atoms with Crippen LogP contribution in [0.25, 0.3) is 0 Å². The minimum atomic E-state index is -3.44. The molecule has 0 fully saturated rings. The SMILES string of the molecule is CC(C)S(=O)(=O)NC(CC(=O)O)C(C)(C)C. The van der Waals surface area contributed by atoms with Crippen LogP contribution in [0, 0.1) is 5.41 Å². The average molecular weight is 251 g/mol. The summed E-state index contributed by atoms with van der Waals surface area (Å²) >= 11 is 0. The van der Waals surface area contributed by atoms with Gasteiger partial charge in [0.2, 0.25) is 10.0 Å². The van der Waals surface area contributed by atoms with Crippen LogP contribution < -0.4 is 4.72 Å².